The molecule has 0 saturated heterocycles. The van der Waals surface area contributed by atoms with Crippen LogP contribution in [0.3, 0.4) is 0 Å². The Bertz CT molecular complexity index is 1040. The van der Waals surface area contributed by atoms with Gasteiger partial charge in [0.15, 0.2) is 23.0 Å². The van der Waals surface area contributed by atoms with Gasteiger partial charge in [0.25, 0.3) is 0 Å². The van der Waals surface area contributed by atoms with Crippen LogP contribution in [0.25, 0.3) is 5.57 Å². The lowest BCUT2D eigenvalue weighted by atomic mass is 9.98. The SMILES string of the molecule is CC(=O)Oc1ccc(C(=C(Cl)Cl)c2ccc(OC(C)=O)c(OC(C)=O)c2)cc1OC(C)=O. The van der Waals surface area contributed by atoms with Crippen LogP contribution in [-0.4, -0.2) is 23.9 Å². The molecule has 0 spiro atoms. The van der Waals surface area contributed by atoms with Crippen LogP contribution in [0.4, 0.5) is 0 Å². The van der Waals surface area contributed by atoms with Crippen LogP contribution in [0.15, 0.2) is 40.9 Å². The Labute approximate surface area is 193 Å². The number of hydrogen-bond donors (Lipinski definition) is 0. The number of benzene rings is 2. The average Bonchev–Trinajstić information content (AvgIpc) is 2.64. The standard InChI is InChI=1S/C22H18Cl2O8/c1-11(25)29-17-7-5-15(9-19(17)31-13(3)27)21(22(23)24)16-6-8-18(30-12(2)26)20(10-16)32-14(4)28/h5-10H,1-4H3. The molecule has 0 heterocycles. The molecular formula is C22H18Cl2O8. The molecule has 8 nitrogen and oxygen atoms in total. The van der Waals surface area contributed by atoms with Crippen molar-refractivity contribution in [2.45, 2.75) is 27.7 Å². The average molecular weight is 481 g/mol. The van der Waals surface area contributed by atoms with Crippen molar-refractivity contribution in [1.29, 1.82) is 0 Å². The minimum Gasteiger partial charge on any atom is -0.423 e. The summed E-state index contributed by atoms with van der Waals surface area (Å²) in [5.41, 5.74) is 1.07. The molecule has 10 heteroatoms. The Morgan fingerprint density at radius 1 is 0.562 bits per heavy atom. The lowest BCUT2D eigenvalue weighted by Crippen LogP contribution is -2.08. The maximum atomic E-state index is 11.5. The number of hydrogen-bond acceptors (Lipinski definition) is 8. The first-order valence-corrected chi connectivity index (χ1v) is 9.81. The number of carbonyl (C=O) groups is 4. The fraction of sp³-hybridized carbons (Fsp3) is 0.182. The molecule has 2 rings (SSSR count). The van der Waals surface area contributed by atoms with E-state index in [-0.39, 0.29) is 33.1 Å². The largest absolute Gasteiger partial charge is 0.423 e. The van der Waals surface area contributed by atoms with Gasteiger partial charge < -0.3 is 18.9 Å². The van der Waals surface area contributed by atoms with Gasteiger partial charge in [-0.25, -0.2) is 0 Å². The number of esters is 4. The lowest BCUT2D eigenvalue weighted by molar-refractivity contribution is -0.134. The molecule has 0 aliphatic heterocycles. The van der Waals surface area contributed by atoms with Gasteiger partial charge in [-0.05, 0) is 35.4 Å². The number of halogens is 2. The Morgan fingerprint density at radius 2 is 0.875 bits per heavy atom. The highest BCUT2D eigenvalue weighted by Gasteiger charge is 2.19. The molecule has 0 aliphatic rings. The van der Waals surface area contributed by atoms with Crippen molar-refractivity contribution in [2.75, 3.05) is 0 Å². The third kappa shape index (κ3) is 6.83. The number of carbonyl (C=O) groups excluding carboxylic acids is 4. The molecule has 0 amide bonds. The molecule has 2 aromatic carbocycles. The highest BCUT2D eigenvalue weighted by atomic mass is 35.5. The van der Waals surface area contributed by atoms with Crippen LogP contribution in [0.1, 0.15) is 38.8 Å². The van der Waals surface area contributed by atoms with Crippen LogP contribution < -0.4 is 18.9 Å². The Hall–Kier alpha value is -3.36. The van der Waals surface area contributed by atoms with E-state index in [2.05, 4.69) is 0 Å². The van der Waals surface area contributed by atoms with Crippen molar-refractivity contribution in [3.05, 3.63) is 52.0 Å². The van der Waals surface area contributed by atoms with E-state index in [1.807, 2.05) is 0 Å². The summed E-state index contributed by atoms with van der Waals surface area (Å²) in [6, 6.07) is 8.71. The molecule has 0 bridgehead atoms. The van der Waals surface area contributed by atoms with Crippen molar-refractivity contribution in [1.82, 2.24) is 0 Å². The third-order valence-electron chi connectivity index (χ3n) is 3.67. The minimum atomic E-state index is -0.638. The van der Waals surface area contributed by atoms with Gasteiger partial charge in [-0.15, -0.1) is 0 Å². The van der Waals surface area contributed by atoms with E-state index >= 15 is 0 Å². The molecule has 32 heavy (non-hydrogen) atoms. The van der Waals surface area contributed by atoms with Crippen molar-refractivity contribution < 1.29 is 38.1 Å². The van der Waals surface area contributed by atoms with Crippen molar-refractivity contribution >= 4 is 52.7 Å². The Kier molecular flexibility index (Phi) is 8.40. The number of rotatable bonds is 6. The quantitative estimate of drug-likeness (QED) is 0.436. The fourth-order valence-corrected chi connectivity index (χ4v) is 3.10. The highest BCUT2D eigenvalue weighted by Crippen LogP contribution is 2.39. The molecule has 0 radical (unpaired) electrons. The summed E-state index contributed by atoms with van der Waals surface area (Å²) in [6.07, 6.45) is 0. The van der Waals surface area contributed by atoms with E-state index in [1.165, 1.54) is 64.1 Å². The van der Waals surface area contributed by atoms with Crippen LogP contribution in [0.2, 0.25) is 0 Å². The first-order chi connectivity index (χ1) is 15.0. The Morgan fingerprint density at radius 3 is 1.16 bits per heavy atom. The maximum absolute atomic E-state index is 11.5. The smallest absolute Gasteiger partial charge is 0.308 e. The second-order valence-electron chi connectivity index (χ2n) is 6.33. The second kappa shape index (κ2) is 10.8. The predicted octanol–water partition coefficient (Wildman–Crippen LogP) is 4.58. The van der Waals surface area contributed by atoms with E-state index in [4.69, 9.17) is 42.1 Å². The van der Waals surface area contributed by atoms with E-state index in [0.717, 1.165) is 0 Å². The van der Waals surface area contributed by atoms with Crippen molar-refractivity contribution in [3.63, 3.8) is 0 Å². The minimum absolute atomic E-state index is 0.0207. The summed E-state index contributed by atoms with van der Waals surface area (Å²) >= 11 is 12.3. The summed E-state index contributed by atoms with van der Waals surface area (Å²) in [5.74, 6) is -2.52. The molecular weight excluding hydrogens is 463 g/mol. The third-order valence-corrected chi connectivity index (χ3v) is 4.05. The van der Waals surface area contributed by atoms with Crippen LogP contribution >= 0.6 is 23.2 Å². The number of ether oxygens (including phenoxy) is 4. The zero-order valence-corrected chi connectivity index (χ0v) is 19.0. The first kappa shape index (κ1) is 24.9. The molecule has 0 aromatic heterocycles. The van der Waals surface area contributed by atoms with Gasteiger partial charge in [-0.2, -0.15) is 0 Å². The fourth-order valence-electron chi connectivity index (χ4n) is 2.66. The summed E-state index contributed by atoms with van der Waals surface area (Å²) in [5, 5.41) is 0. The monoisotopic (exact) mass is 480 g/mol. The summed E-state index contributed by atoms with van der Waals surface area (Å²) < 4.78 is 20.2. The molecule has 0 N–H and O–H groups in total. The van der Waals surface area contributed by atoms with Crippen LogP contribution in [-0.2, 0) is 19.2 Å². The van der Waals surface area contributed by atoms with Crippen LogP contribution in [0.5, 0.6) is 23.0 Å². The molecule has 0 unspecified atom stereocenters. The zero-order chi connectivity index (χ0) is 24.0. The van der Waals surface area contributed by atoms with Gasteiger partial charge in [0.2, 0.25) is 0 Å². The van der Waals surface area contributed by atoms with Crippen molar-refractivity contribution in [3.8, 4) is 23.0 Å². The van der Waals surface area contributed by atoms with E-state index in [9.17, 15) is 19.2 Å². The molecule has 168 valence electrons. The van der Waals surface area contributed by atoms with Gasteiger partial charge in [-0.3, -0.25) is 19.2 Å². The zero-order valence-electron chi connectivity index (χ0n) is 17.5. The van der Waals surface area contributed by atoms with Gasteiger partial charge in [0.1, 0.15) is 4.49 Å². The topological polar surface area (TPSA) is 105 Å². The Balaban J connectivity index is 2.62. The highest BCUT2D eigenvalue weighted by molar-refractivity contribution is 6.59. The molecule has 0 atom stereocenters. The predicted molar refractivity (Wildman–Crippen MR) is 116 cm³/mol. The normalized spacial score (nSPS) is 10.1. The first-order valence-electron chi connectivity index (χ1n) is 9.05. The summed E-state index contributed by atoms with van der Waals surface area (Å²) in [6.45, 7) is 4.78. The van der Waals surface area contributed by atoms with Gasteiger partial charge in [0.05, 0.1) is 0 Å². The summed E-state index contributed by atoms with van der Waals surface area (Å²) in [7, 11) is 0. The van der Waals surface area contributed by atoms with Crippen molar-refractivity contribution in [2.24, 2.45) is 0 Å². The van der Waals surface area contributed by atoms with E-state index < -0.39 is 23.9 Å². The van der Waals surface area contributed by atoms with E-state index in [1.54, 1.807) is 0 Å². The molecule has 0 saturated carbocycles. The van der Waals surface area contributed by atoms with Gasteiger partial charge >= 0.3 is 23.9 Å². The van der Waals surface area contributed by atoms with Crippen LogP contribution in [0, 0.1) is 0 Å². The molecule has 2 aromatic rings. The molecule has 0 fully saturated rings. The maximum Gasteiger partial charge on any atom is 0.308 e. The van der Waals surface area contributed by atoms with Gasteiger partial charge in [-0.1, -0.05) is 35.3 Å². The summed E-state index contributed by atoms with van der Waals surface area (Å²) in [4.78, 5) is 45.7. The lowest BCUT2D eigenvalue weighted by Gasteiger charge is -2.15. The van der Waals surface area contributed by atoms with E-state index in [0.29, 0.717) is 11.1 Å². The van der Waals surface area contributed by atoms with Gasteiger partial charge in [0, 0.05) is 33.3 Å². The molecule has 0 aliphatic carbocycles. The second-order valence-corrected chi connectivity index (χ2v) is 7.28.